The molecule has 4 aromatic rings. The molecule has 0 aliphatic rings. The average molecular weight is 661 g/mol. The van der Waals surface area contributed by atoms with Crippen LogP contribution in [-0.4, -0.2) is 78.3 Å². The number of phenols is 6. The standard InChI is InChI=1S/C36H40N2O10/c1-15(2)25-19-11-17(5)27(33(45)29(19)21(31(43)35(25)47)13-37-9-7-23(39)40)28-18(6)12-20-26(16(3)4)36(48)32(44)22(30(20)34(28)46)14-38-10-8-24(41)42/h11-16,43-48H,7-10H2,1-6H3,(H,39,40)(H,41,42). The highest BCUT2D eigenvalue weighted by Crippen LogP contribution is 2.54. The highest BCUT2D eigenvalue weighted by molar-refractivity contribution is 6.15. The van der Waals surface area contributed by atoms with Crippen molar-refractivity contribution in [2.75, 3.05) is 13.1 Å². The summed E-state index contributed by atoms with van der Waals surface area (Å²) in [5, 5.41) is 87.5. The molecule has 0 aliphatic carbocycles. The Morgan fingerprint density at radius 3 is 1.23 bits per heavy atom. The van der Waals surface area contributed by atoms with Gasteiger partial charge in [-0.3, -0.25) is 19.6 Å². The molecular formula is C36H40N2O10. The molecule has 0 heterocycles. The number of aliphatic imine (C=N–C) groups is 2. The topological polar surface area (TPSA) is 221 Å². The number of aromatic hydroxyl groups is 6. The lowest BCUT2D eigenvalue weighted by molar-refractivity contribution is -0.137. The zero-order valence-electron chi connectivity index (χ0n) is 27.6. The summed E-state index contributed by atoms with van der Waals surface area (Å²) in [7, 11) is 0. The minimum absolute atomic E-state index is 0.0510. The summed E-state index contributed by atoms with van der Waals surface area (Å²) in [4.78, 5) is 30.3. The van der Waals surface area contributed by atoms with Crippen LogP contribution in [0.2, 0.25) is 0 Å². The summed E-state index contributed by atoms with van der Waals surface area (Å²) >= 11 is 0. The Balaban J connectivity index is 2.17. The summed E-state index contributed by atoms with van der Waals surface area (Å²) in [5.41, 5.74) is 1.94. The quantitative estimate of drug-likeness (QED) is 0.0640. The minimum atomic E-state index is -1.08. The second-order valence-corrected chi connectivity index (χ2v) is 12.4. The fraction of sp³-hybridized carbons (Fsp3) is 0.333. The number of carbonyl (C=O) groups is 2. The molecule has 4 aromatic carbocycles. The van der Waals surface area contributed by atoms with Crippen LogP contribution in [-0.2, 0) is 9.59 Å². The van der Waals surface area contributed by atoms with E-state index >= 15 is 0 Å². The van der Waals surface area contributed by atoms with Gasteiger partial charge in [0.05, 0.1) is 12.8 Å². The number of nitrogens with zero attached hydrogens (tertiary/aromatic N) is 2. The third-order valence-corrected chi connectivity index (χ3v) is 8.34. The molecule has 48 heavy (non-hydrogen) atoms. The van der Waals surface area contributed by atoms with Gasteiger partial charge in [-0.15, -0.1) is 0 Å². The first kappa shape index (κ1) is 35.3. The number of hydrogen-bond acceptors (Lipinski definition) is 10. The molecule has 0 fully saturated rings. The fourth-order valence-electron chi connectivity index (χ4n) is 6.26. The summed E-state index contributed by atoms with van der Waals surface area (Å²) in [6, 6.07) is 3.41. The van der Waals surface area contributed by atoms with Gasteiger partial charge in [0.1, 0.15) is 11.5 Å². The molecule has 0 atom stereocenters. The molecule has 12 heteroatoms. The van der Waals surface area contributed by atoms with Crippen LogP contribution in [0.15, 0.2) is 22.1 Å². The number of benzene rings is 4. The van der Waals surface area contributed by atoms with E-state index in [0.29, 0.717) is 33.0 Å². The molecule has 254 valence electrons. The monoisotopic (exact) mass is 660 g/mol. The Hall–Kier alpha value is -5.52. The van der Waals surface area contributed by atoms with Crippen molar-refractivity contribution in [3.63, 3.8) is 0 Å². The molecule has 0 aliphatic heterocycles. The van der Waals surface area contributed by atoms with Gasteiger partial charge in [-0.2, -0.15) is 0 Å². The summed E-state index contributed by atoms with van der Waals surface area (Å²) in [6.07, 6.45) is 1.82. The highest BCUT2D eigenvalue weighted by atomic mass is 16.4. The Morgan fingerprint density at radius 2 is 0.938 bits per heavy atom. The van der Waals surface area contributed by atoms with Crippen molar-refractivity contribution in [1.29, 1.82) is 0 Å². The van der Waals surface area contributed by atoms with Gasteiger partial charge in [-0.25, -0.2) is 0 Å². The van der Waals surface area contributed by atoms with Crippen molar-refractivity contribution in [2.45, 2.75) is 66.2 Å². The van der Waals surface area contributed by atoms with Crippen LogP contribution in [0.4, 0.5) is 0 Å². The molecule has 0 amide bonds. The van der Waals surface area contributed by atoms with Crippen LogP contribution in [0, 0.1) is 13.8 Å². The number of phenolic OH excluding ortho intramolecular Hbond substituents is 6. The fourth-order valence-corrected chi connectivity index (χ4v) is 6.26. The summed E-state index contributed by atoms with van der Waals surface area (Å²) in [6.45, 7) is 10.4. The molecule has 0 saturated carbocycles. The molecule has 8 N–H and O–H groups in total. The normalized spacial score (nSPS) is 12.1. The first-order valence-corrected chi connectivity index (χ1v) is 15.4. The third-order valence-electron chi connectivity index (χ3n) is 8.34. The maximum Gasteiger partial charge on any atom is 0.305 e. The van der Waals surface area contributed by atoms with Gasteiger partial charge >= 0.3 is 11.9 Å². The molecule has 4 rings (SSSR count). The average Bonchev–Trinajstić information content (AvgIpc) is 2.98. The van der Waals surface area contributed by atoms with E-state index in [2.05, 4.69) is 9.98 Å². The Bertz CT molecular complexity index is 1880. The Morgan fingerprint density at radius 1 is 0.604 bits per heavy atom. The van der Waals surface area contributed by atoms with Crippen LogP contribution < -0.4 is 0 Å². The van der Waals surface area contributed by atoms with Crippen molar-refractivity contribution < 1.29 is 50.4 Å². The van der Waals surface area contributed by atoms with Gasteiger partial charge in [0.25, 0.3) is 0 Å². The zero-order chi connectivity index (χ0) is 35.8. The van der Waals surface area contributed by atoms with E-state index in [-0.39, 0.29) is 82.3 Å². The Kier molecular flexibility index (Phi) is 10.1. The van der Waals surface area contributed by atoms with Crippen LogP contribution >= 0.6 is 0 Å². The molecule has 0 aromatic heterocycles. The number of fused-ring (bicyclic) bond motifs is 2. The first-order valence-electron chi connectivity index (χ1n) is 15.4. The SMILES string of the molecule is Cc1cc2c(C(C)C)c(O)c(O)c(C=NCCC(=O)O)c2c(O)c1-c1c(C)cc2c(C(C)C)c(O)c(O)c(C=NCCC(=O)O)c2c1O. The van der Waals surface area contributed by atoms with Gasteiger partial charge in [0.15, 0.2) is 23.0 Å². The van der Waals surface area contributed by atoms with E-state index in [4.69, 9.17) is 10.2 Å². The van der Waals surface area contributed by atoms with Gasteiger partial charge in [-0.1, -0.05) is 39.8 Å². The van der Waals surface area contributed by atoms with E-state index in [9.17, 15) is 40.2 Å². The smallest absolute Gasteiger partial charge is 0.305 e. The molecule has 0 unspecified atom stereocenters. The number of hydrogen-bond donors (Lipinski definition) is 8. The van der Waals surface area contributed by atoms with Gasteiger partial charge in [0.2, 0.25) is 0 Å². The van der Waals surface area contributed by atoms with Crippen molar-refractivity contribution in [2.24, 2.45) is 9.98 Å². The molecular weight excluding hydrogens is 620 g/mol. The van der Waals surface area contributed by atoms with E-state index in [1.165, 1.54) is 12.4 Å². The predicted molar refractivity (Wildman–Crippen MR) is 184 cm³/mol. The number of carboxylic acids is 2. The van der Waals surface area contributed by atoms with Crippen molar-refractivity contribution in [3.8, 4) is 45.6 Å². The first-order chi connectivity index (χ1) is 22.5. The minimum Gasteiger partial charge on any atom is -0.507 e. The molecule has 0 radical (unpaired) electrons. The number of carboxylic acid groups (broad SMARTS) is 2. The molecule has 0 spiro atoms. The number of aryl methyl sites for hydroxylation is 2. The lowest BCUT2D eigenvalue weighted by Crippen LogP contribution is -2.02. The lowest BCUT2D eigenvalue weighted by Gasteiger charge is -2.23. The number of rotatable bonds is 11. The van der Waals surface area contributed by atoms with Crippen LogP contribution in [0.5, 0.6) is 34.5 Å². The van der Waals surface area contributed by atoms with Crippen LogP contribution in [0.3, 0.4) is 0 Å². The van der Waals surface area contributed by atoms with Crippen molar-refractivity contribution >= 4 is 45.9 Å². The molecule has 0 saturated heterocycles. The van der Waals surface area contributed by atoms with E-state index in [0.717, 1.165) is 0 Å². The van der Waals surface area contributed by atoms with E-state index < -0.39 is 34.9 Å². The van der Waals surface area contributed by atoms with E-state index in [1.807, 2.05) is 27.7 Å². The van der Waals surface area contributed by atoms with E-state index in [1.54, 1.807) is 26.0 Å². The van der Waals surface area contributed by atoms with Gasteiger partial charge < -0.3 is 40.9 Å². The molecule has 0 bridgehead atoms. The maximum atomic E-state index is 12.1. The Labute approximate surface area is 276 Å². The van der Waals surface area contributed by atoms with Gasteiger partial charge in [-0.05, 0) is 47.6 Å². The maximum absolute atomic E-state index is 12.1. The summed E-state index contributed by atoms with van der Waals surface area (Å²) < 4.78 is 0. The van der Waals surface area contributed by atoms with Crippen molar-refractivity contribution in [3.05, 3.63) is 45.5 Å². The largest absolute Gasteiger partial charge is 0.507 e. The van der Waals surface area contributed by atoms with Crippen molar-refractivity contribution in [1.82, 2.24) is 0 Å². The van der Waals surface area contributed by atoms with Crippen LogP contribution in [0.1, 0.15) is 85.8 Å². The van der Waals surface area contributed by atoms with Crippen LogP contribution in [0.25, 0.3) is 32.7 Å². The number of aliphatic carboxylic acids is 2. The predicted octanol–water partition coefficient (Wildman–Crippen LogP) is 6.54. The zero-order valence-corrected chi connectivity index (χ0v) is 27.6. The third kappa shape index (κ3) is 6.25. The second-order valence-electron chi connectivity index (χ2n) is 12.4. The highest BCUT2D eigenvalue weighted by Gasteiger charge is 2.29. The second kappa shape index (κ2) is 13.7. The molecule has 12 nitrogen and oxygen atoms in total. The van der Waals surface area contributed by atoms with Gasteiger partial charge in [0, 0.05) is 69.7 Å². The summed E-state index contributed by atoms with van der Waals surface area (Å²) in [5.74, 6) is -5.40. The lowest BCUT2D eigenvalue weighted by atomic mass is 9.83.